The van der Waals surface area contributed by atoms with Crippen LogP contribution >= 0.6 is 0 Å². The molecule has 0 amide bonds. The first kappa shape index (κ1) is 18.5. The second kappa shape index (κ2) is 9.49. The quantitative estimate of drug-likeness (QED) is 0.695. The van der Waals surface area contributed by atoms with Crippen molar-refractivity contribution >= 4 is 11.6 Å². The number of aryl methyl sites for hydroxylation is 2. The summed E-state index contributed by atoms with van der Waals surface area (Å²) in [6.07, 6.45) is 0.997. The Morgan fingerprint density at radius 3 is 1.68 bits per heavy atom. The smallest absolute Gasteiger partial charge is 0.161 e. The van der Waals surface area contributed by atoms with Gasteiger partial charge in [0, 0.05) is 12.8 Å². The van der Waals surface area contributed by atoms with Crippen LogP contribution in [0.3, 0.4) is 0 Å². The van der Waals surface area contributed by atoms with E-state index in [1.165, 1.54) is 0 Å². The summed E-state index contributed by atoms with van der Waals surface area (Å²) in [5, 5.41) is 18.9. The van der Waals surface area contributed by atoms with Crippen LogP contribution in [0.4, 0.5) is 0 Å². The fourth-order valence-electron chi connectivity index (χ4n) is 2.26. The van der Waals surface area contributed by atoms with Crippen molar-refractivity contribution in [2.75, 3.05) is 0 Å². The standard InChI is InChI=1S/C18H26O4/c1-3-15(19)17(21)10-8-13-6-5-7-14(12-13)9-11-18(22)16(20)4-2/h5-7,12,15-16,19-20H,3-4,8-11H2,1-2H3. The Morgan fingerprint density at radius 2 is 1.32 bits per heavy atom. The zero-order valence-electron chi connectivity index (χ0n) is 13.4. The van der Waals surface area contributed by atoms with Crippen molar-refractivity contribution in [2.45, 2.75) is 64.6 Å². The lowest BCUT2D eigenvalue weighted by atomic mass is 9.99. The molecule has 0 aliphatic heterocycles. The van der Waals surface area contributed by atoms with Crippen LogP contribution in [0.15, 0.2) is 24.3 Å². The molecule has 0 radical (unpaired) electrons. The molecule has 0 aromatic heterocycles. The third-order valence-corrected chi connectivity index (χ3v) is 3.83. The zero-order chi connectivity index (χ0) is 16.5. The third-order valence-electron chi connectivity index (χ3n) is 3.83. The fourth-order valence-corrected chi connectivity index (χ4v) is 2.26. The van der Waals surface area contributed by atoms with E-state index in [-0.39, 0.29) is 11.6 Å². The molecular weight excluding hydrogens is 280 g/mol. The van der Waals surface area contributed by atoms with Crippen molar-refractivity contribution in [1.82, 2.24) is 0 Å². The van der Waals surface area contributed by atoms with E-state index in [0.29, 0.717) is 38.5 Å². The first-order valence-electron chi connectivity index (χ1n) is 7.97. The van der Waals surface area contributed by atoms with E-state index in [1.54, 1.807) is 13.8 Å². The van der Waals surface area contributed by atoms with Crippen LogP contribution in [0.25, 0.3) is 0 Å². The van der Waals surface area contributed by atoms with Gasteiger partial charge in [-0.1, -0.05) is 38.1 Å². The average molecular weight is 306 g/mol. The van der Waals surface area contributed by atoms with Gasteiger partial charge in [-0.05, 0) is 36.8 Å². The molecule has 1 aromatic carbocycles. The van der Waals surface area contributed by atoms with Crippen LogP contribution in [-0.2, 0) is 22.4 Å². The van der Waals surface area contributed by atoms with Gasteiger partial charge < -0.3 is 10.2 Å². The second-order valence-corrected chi connectivity index (χ2v) is 5.60. The van der Waals surface area contributed by atoms with E-state index in [0.717, 1.165) is 11.1 Å². The molecule has 2 unspecified atom stereocenters. The number of carbonyl (C=O) groups excluding carboxylic acids is 2. The number of aliphatic hydroxyl groups excluding tert-OH is 2. The minimum absolute atomic E-state index is 0.130. The number of hydrogen-bond donors (Lipinski definition) is 2. The molecule has 4 heteroatoms. The predicted molar refractivity (Wildman–Crippen MR) is 85.7 cm³/mol. The summed E-state index contributed by atoms with van der Waals surface area (Å²) in [5.74, 6) is -0.261. The summed E-state index contributed by atoms with van der Waals surface area (Å²) in [5.41, 5.74) is 2.05. The van der Waals surface area contributed by atoms with E-state index in [1.807, 2.05) is 24.3 Å². The van der Waals surface area contributed by atoms with Crippen molar-refractivity contribution in [1.29, 1.82) is 0 Å². The number of hydrogen-bond acceptors (Lipinski definition) is 4. The molecule has 122 valence electrons. The van der Waals surface area contributed by atoms with E-state index in [2.05, 4.69) is 0 Å². The van der Waals surface area contributed by atoms with Gasteiger partial charge in [0.25, 0.3) is 0 Å². The summed E-state index contributed by atoms with van der Waals surface area (Å²) in [6.45, 7) is 3.57. The van der Waals surface area contributed by atoms with Crippen molar-refractivity contribution in [3.05, 3.63) is 35.4 Å². The van der Waals surface area contributed by atoms with Gasteiger partial charge in [0.15, 0.2) is 11.6 Å². The van der Waals surface area contributed by atoms with Crippen LogP contribution in [0.1, 0.15) is 50.7 Å². The molecule has 22 heavy (non-hydrogen) atoms. The molecule has 0 aliphatic carbocycles. The highest BCUT2D eigenvalue weighted by molar-refractivity contribution is 5.83. The third kappa shape index (κ3) is 6.08. The highest BCUT2D eigenvalue weighted by Crippen LogP contribution is 2.12. The minimum Gasteiger partial charge on any atom is -0.385 e. The molecular formula is C18H26O4. The van der Waals surface area contributed by atoms with Crippen LogP contribution in [0.5, 0.6) is 0 Å². The van der Waals surface area contributed by atoms with Gasteiger partial charge in [0.2, 0.25) is 0 Å². The van der Waals surface area contributed by atoms with E-state index in [4.69, 9.17) is 0 Å². The first-order valence-corrected chi connectivity index (χ1v) is 7.97. The van der Waals surface area contributed by atoms with Gasteiger partial charge >= 0.3 is 0 Å². The average Bonchev–Trinajstić information content (AvgIpc) is 2.56. The van der Waals surface area contributed by atoms with E-state index >= 15 is 0 Å². The SMILES string of the molecule is CCC(O)C(=O)CCc1cccc(CCC(=O)C(O)CC)c1. The monoisotopic (exact) mass is 306 g/mol. The Balaban J connectivity index is 2.52. The number of benzene rings is 1. The fraction of sp³-hybridized carbons (Fsp3) is 0.556. The molecule has 0 fully saturated rings. The second-order valence-electron chi connectivity index (χ2n) is 5.60. The van der Waals surface area contributed by atoms with Crippen molar-refractivity contribution in [3.63, 3.8) is 0 Å². The Hall–Kier alpha value is -1.52. The van der Waals surface area contributed by atoms with Crippen LogP contribution in [-0.4, -0.2) is 34.0 Å². The zero-order valence-corrected chi connectivity index (χ0v) is 13.4. The van der Waals surface area contributed by atoms with Gasteiger partial charge in [-0.3, -0.25) is 9.59 Å². The molecule has 2 atom stereocenters. The van der Waals surface area contributed by atoms with E-state index in [9.17, 15) is 19.8 Å². The summed E-state index contributed by atoms with van der Waals surface area (Å²) in [6, 6.07) is 7.78. The topological polar surface area (TPSA) is 74.6 Å². The summed E-state index contributed by atoms with van der Waals surface area (Å²) >= 11 is 0. The number of ketones is 2. The minimum atomic E-state index is -0.865. The molecule has 1 rings (SSSR count). The molecule has 0 bridgehead atoms. The van der Waals surface area contributed by atoms with Gasteiger partial charge in [-0.25, -0.2) is 0 Å². The molecule has 0 saturated heterocycles. The van der Waals surface area contributed by atoms with Crippen molar-refractivity contribution in [2.24, 2.45) is 0 Å². The van der Waals surface area contributed by atoms with Gasteiger partial charge in [0.05, 0.1) is 0 Å². The maximum Gasteiger partial charge on any atom is 0.161 e. The predicted octanol–water partition coefficient (Wildman–Crippen LogP) is 2.23. The Labute approximate surface area is 132 Å². The van der Waals surface area contributed by atoms with Crippen LogP contribution in [0.2, 0.25) is 0 Å². The van der Waals surface area contributed by atoms with E-state index < -0.39 is 12.2 Å². The normalized spacial score (nSPS) is 13.6. The van der Waals surface area contributed by atoms with Crippen LogP contribution < -0.4 is 0 Å². The van der Waals surface area contributed by atoms with Crippen molar-refractivity contribution < 1.29 is 19.8 Å². The molecule has 0 aliphatic rings. The number of carbonyl (C=O) groups is 2. The Kier molecular flexibility index (Phi) is 7.99. The molecule has 0 spiro atoms. The molecule has 0 saturated carbocycles. The molecule has 1 aromatic rings. The van der Waals surface area contributed by atoms with Gasteiger partial charge in [0.1, 0.15) is 12.2 Å². The lowest BCUT2D eigenvalue weighted by Crippen LogP contribution is -2.19. The number of Topliss-reactive ketones (excluding diaryl/α,β-unsaturated/α-hetero) is 2. The summed E-state index contributed by atoms with van der Waals surface area (Å²) < 4.78 is 0. The highest BCUT2D eigenvalue weighted by Gasteiger charge is 2.13. The molecule has 0 heterocycles. The summed E-state index contributed by atoms with van der Waals surface area (Å²) in [4.78, 5) is 23.3. The first-order chi connectivity index (χ1) is 10.5. The lowest BCUT2D eigenvalue weighted by molar-refractivity contribution is -0.127. The lowest BCUT2D eigenvalue weighted by Gasteiger charge is -2.09. The number of aliphatic hydroxyl groups is 2. The maximum absolute atomic E-state index is 11.6. The summed E-state index contributed by atoms with van der Waals surface area (Å²) in [7, 11) is 0. The maximum atomic E-state index is 11.6. The molecule has 2 N–H and O–H groups in total. The Morgan fingerprint density at radius 1 is 0.909 bits per heavy atom. The van der Waals surface area contributed by atoms with Gasteiger partial charge in [-0.15, -0.1) is 0 Å². The largest absolute Gasteiger partial charge is 0.385 e. The van der Waals surface area contributed by atoms with Crippen LogP contribution in [0, 0.1) is 0 Å². The Bertz CT molecular complexity index is 454. The number of rotatable bonds is 10. The van der Waals surface area contributed by atoms with Gasteiger partial charge in [-0.2, -0.15) is 0 Å². The van der Waals surface area contributed by atoms with Crippen molar-refractivity contribution in [3.8, 4) is 0 Å². The molecule has 4 nitrogen and oxygen atoms in total. The highest BCUT2D eigenvalue weighted by atomic mass is 16.3.